The number of benzene rings is 3. The number of hydrogen-bond donors (Lipinski definition) is 1. The van der Waals surface area contributed by atoms with Gasteiger partial charge in [-0.05, 0) is 55.5 Å². The van der Waals surface area contributed by atoms with E-state index in [-0.39, 0.29) is 21.7 Å². The van der Waals surface area contributed by atoms with Crippen LogP contribution >= 0.6 is 11.6 Å². The van der Waals surface area contributed by atoms with Crippen molar-refractivity contribution in [2.75, 3.05) is 16.7 Å². The molecular formula is C24H20ClN3O5S. The van der Waals surface area contributed by atoms with Crippen molar-refractivity contribution in [1.82, 2.24) is 0 Å². The Morgan fingerprint density at radius 1 is 1.06 bits per heavy atom. The van der Waals surface area contributed by atoms with Crippen molar-refractivity contribution in [2.45, 2.75) is 17.9 Å². The summed E-state index contributed by atoms with van der Waals surface area (Å²) < 4.78 is 32.4. The monoisotopic (exact) mass is 497 g/mol. The molecule has 1 unspecified atom stereocenters. The lowest BCUT2D eigenvalue weighted by molar-refractivity contribution is -0.123. The first kappa shape index (κ1) is 24.8. The highest BCUT2D eigenvalue weighted by atomic mass is 35.5. The van der Waals surface area contributed by atoms with Crippen LogP contribution in [0.25, 0.3) is 0 Å². The molecule has 0 saturated heterocycles. The second-order valence-electron chi connectivity index (χ2n) is 7.17. The van der Waals surface area contributed by atoms with Crippen molar-refractivity contribution >= 4 is 44.9 Å². The van der Waals surface area contributed by atoms with Gasteiger partial charge in [0, 0.05) is 12.1 Å². The number of nitrogens with zero attached hydrogens (tertiary/aromatic N) is 2. The molecule has 1 N–H and O–H groups in total. The van der Waals surface area contributed by atoms with Crippen molar-refractivity contribution in [3.8, 4) is 6.07 Å². The predicted octanol–water partition coefficient (Wildman–Crippen LogP) is 4.22. The predicted molar refractivity (Wildman–Crippen MR) is 128 cm³/mol. The van der Waals surface area contributed by atoms with Crippen LogP contribution in [0.4, 0.5) is 11.4 Å². The first-order chi connectivity index (χ1) is 16.1. The number of rotatable bonds is 7. The SMILES string of the molecule is CC(OC(=O)c1cccc(S(=O)(=O)N(C)c2cccc(Cl)c2)c1)C(=O)Nc1ccccc1C#N. The number of nitrogens with one attached hydrogen (secondary N) is 1. The van der Waals surface area contributed by atoms with E-state index in [1.807, 2.05) is 6.07 Å². The number of halogens is 1. The largest absolute Gasteiger partial charge is 0.449 e. The number of carbonyl (C=O) groups is 2. The fourth-order valence-corrected chi connectivity index (χ4v) is 4.38. The summed E-state index contributed by atoms with van der Waals surface area (Å²) in [6, 6.07) is 20.0. The summed E-state index contributed by atoms with van der Waals surface area (Å²) in [5, 5.41) is 12.1. The second kappa shape index (κ2) is 10.4. The van der Waals surface area contributed by atoms with Crippen LogP contribution in [-0.4, -0.2) is 33.4 Å². The third-order valence-corrected chi connectivity index (χ3v) is 6.88. The number of carbonyl (C=O) groups excluding carboxylic acids is 2. The van der Waals surface area contributed by atoms with Crippen LogP contribution in [0.2, 0.25) is 5.02 Å². The van der Waals surface area contributed by atoms with Gasteiger partial charge in [-0.2, -0.15) is 5.26 Å². The maximum Gasteiger partial charge on any atom is 0.338 e. The van der Waals surface area contributed by atoms with Crippen LogP contribution in [0.15, 0.2) is 77.7 Å². The number of para-hydroxylation sites is 1. The van der Waals surface area contributed by atoms with Gasteiger partial charge in [-0.25, -0.2) is 13.2 Å². The van der Waals surface area contributed by atoms with Gasteiger partial charge in [-0.3, -0.25) is 9.10 Å². The van der Waals surface area contributed by atoms with Gasteiger partial charge in [0.15, 0.2) is 6.10 Å². The molecule has 3 aromatic carbocycles. The molecular weight excluding hydrogens is 478 g/mol. The van der Waals surface area contributed by atoms with E-state index >= 15 is 0 Å². The average Bonchev–Trinajstić information content (AvgIpc) is 2.83. The molecule has 0 spiro atoms. The van der Waals surface area contributed by atoms with Crippen LogP contribution in [0.1, 0.15) is 22.8 Å². The zero-order chi connectivity index (χ0) is 24.9. The molecule has 0 aliphatic rings. The zero-order valence-corrected chi connectivity index (χ0v) is 19.8. The zero-order valence-electron chi connectivity index (χ0n) is 18.2. The van der Waals surface area contributed by atoms with Crippen LogP contribution in [0.5, 0.6) is 0 Å². The summed E-state index contributed by atoms with van der Waals surface area (Å²) in [6.07, 6.45) is -1.20. The van der Waals surface area contributed by atoms with Gasteiger partial charge in [0.1, 0.15) is 6.07 Å². The van der Waals surface area contributed by atoms with Crippen molar-refractivity contribution in [3.63, 3.8) is 0 Å². The first-order valence-corrected chi connectivity index (χ1v) is 11.8. The molecule has 0 aromatic heterocycles. The second-order valence-corrected chi connectivity index (χ2v) is 9.58. The maximum absolute atomic E-state index is 13.1. The van der Waals surface area contributed by atoms with E-state index < -0.39 is 28.0 Å². The van der Waals surface area contributed by atoms with Crippen molar-refractivity contribution < 1.29 is 22.7 Å². The number of anilines is 2. The fourth-order valence-electron chi connectivity index (χ4n) is 2.96. The minimum Gasteiger partial charge on any atom is -0.449 e. The molecule has 0 heterocycles. The van der Waals surface area contributed by atoms with Gasteiger partial charge in [-0.1, -0.05) is 35.9 Å². The topological polar surface area (TPSA) is 117 Å². The summed E-state index contributed by atoms with van der Waals surface area (Å²) >= 11 is 5.96. The Bertz CT molecular complexity index is 1390. The van der Waals surface area contributed by atoms with Gasteiger partial charge in [0.05, 0.1) is 27.4 Å². The van der Waals surface area contributed by atoms with Gasteiger partial charge in [0.2, 0.25) is 0 Å². The van der Waals surface area contributed by atoms with Gasteiger partial charge >= 0.3 is 5.97 Å². The van der Waals surface area contributed by atoms with Crippen molar-refractivity contribution in [3.05, 3.63) is 88.9 Å². The lowest BCUT2D eigenvalue weighted by Crippen LogP contribution is -2.30. The third kappa shape index (κ3) is 5.54. The summed E-state index contributed by atoms with van der Waals surface area (Å²) in [6.45, 7) is 1.37. The lowest BCUT2D eigenvalue weighted by Gasteiger charge is -2.20. The molecule has 8 nitrogen and oxygen atoms in total. The highest BCUT2D eigenvalue weighted by Crippen LogP contribution is 2.25. The Kier molecular flexibility index (Phi) is 7.56. The highest BCUT2D eigenvalue weighted by Gasteiger charge is 2.24. The molecule has 0 aliphatic heterocycles. The van der Waals surface area contributed by atoms with Gasteiger partial charge in [-0.15, -0.1) is 0 Å². The molecule has 10 heteroatoms. The molecule has 1 amide bonds. The number of nitriles is 1. The van der Waals surface area contributed by atoms with E-state index in [1.165, 1.54) is 44.3 Å². The first-order valence-electron chi connectivity index (χ1n) is 9.99. The van der Waals surface area contributed by atoms with Crippen molar-refractivity contribution in [2.24, 2.45) is 0 Å². The fraction of sp³-hybridized carbons (Fsp3) is 0.125. The van der Waals surface area contributed by atoms with Crippen molar-refractivity contribution in [1.29, 1.82) is 5.26 Å². The molecule has 0 aliphatic carbocycles. The van der Waals surface area contributed by atoms with Gasteiger partial charge < -0.3 is 10.1 Å². The Hall–Kier alpha value is -3.87. The summed E-state index contributed by atoms with van der Waals surface area (Å²) in [7, 11) is -2.63. The molecule has 3 aromatic rings. The minimum atomic E-state index is -4.00. The third-order valence-electron chi connectivity index (χ3n) is 4.86. The number of hydrogen-bond acceptors (Lipinski definition) is 6. The molecule has 0 bridgehead atoms. The van der Waals surface area contributed by atoms with Crippen LogP contribution in [0.3, 0.4) is 0 Å². The molecule has 0 saturated carbocycles. The highest BCUT2D eigenvalue weighted by molar-refractivity contribution is 7.92. The number of sulfonamides is 1. The van der Waals surface area contributed by atoms with E-state index in [0.29, 0.717) is 10.7 Å². The quantitative estimate of drug-likeness (QED) is 0.488. The summed E-state index contributed by atoms with van der Waals surface area (Å²) in [5.41, 5.74) is 0.854. The average molecular weight is 498 g/mol. The molecule has 34 heavy (non-hydrogen) atoms. The standard InChI is InChI=1S/C24H20ClN3O5S/c1-16(23(29)27-22-12-4-3-7-18(22)15-26)33-24(30)17-8-5-11-21(13-17)34(31,32)28(2)20-10-6-9-19(25)14-20/h3-14,16H,1-2H3,(H,27,29). The molecule has 0 fully saturated rings. The molecule has 174 valence electrons. The summed E-state index contributed by atoms with van der Waals surface area (Å²) in [5.74, 6) is -1.51. The molecule has 1 atom stereocenters. The lowest BCUT2D eigenvalue weighted by atomic mass is 10.2. The van der Waals surface area contributed by atoms with Gasteiger partial charge in [0.25, 0.3) is 15.9 Å². The Labute approximate surface area is 202 Å². The normalized spacial score (nSPS) is 11.7. The number of amides is 1. The van der Waals surface area contributed by atoms with E-state index in [0.717, 1.165) is 4.31 Å². The number of esters is 1. The Morgan fingerprint density at radius 2 is 1.76 bits per heavy atom. The maximum atomic E-state index is 13.1. The molecule has 0 radical (unpaired) electrons. The minimum absolute atomic E-state index is 0.0438. The van der Waals surface area contributed by atoms with E-state index in [2.05, 4.69) is 5.32 Å². The van der Waals surface area contributed by atoms with Crippen LogP contribution < -0.4 is 9.62 Å². The molecule has 3 rings (SSSR count). The Morgan fingerprint density at radius 3 is 2.47 bits per heavy atom. The number of ether oxygens (including phenoxy) is 1. The van der Waals surface area contributed by atoms with E-state index in [9.17, 15) is 18.0 Å². The van der Waals surface area contributed by atoms with Crippen LogP contribution in [0, 0.1) is 11.3 Å². The van der Waals surface area contributed by atoms with E-state index in [1.54, 1.807) is 42.5 Å². The van der Waals surface area contributed by atoms with E-state index in [4.69, 9.17) is 21.6 Å². The smallest absolute Gasteiger partial charge is 0.338 e. The summed E-state index contributed by atoms with van der Waals surface area (Å²) in [4.78, 5) is 24.9. The Balaban J connectivity index is 1.75. The van der Waals surface area contributed by atoms with Crippen LogP contribution in [-0.2, 0) is 19.6 Å².